The molecule has 5 rings (SSSR count). The van der Waals surface area contributed by atoms with Gasteiger partial charge in [-0.2, -0.15) is 4.98 Å². The number of hydrogen-bond donors (Lipinski definition) is 1. The van der Waals surface area contributed by atoms with Crippen LogP contribution in [-0.4, -0.2) is 44.6 Å². The van der Waals surface area contributed by atoms with E-state index in [0.29, 0.717) is 22.2 Å². The monoisotopic (exact) mass is 415 g/mol. The number of piperazine rings is 1. The quantitative estimate of drug-likeness (QED) is 0.692. The second kappa shape index (κ2) is 6.58. The first kappa shape index (κ1) is 17.7. The molecule has 3 aromatic rings. The van der Waals surface area contributed by atoms with Gasteiger partial charge in [0.1, 0.15) is 0 Å². The second-order valence-electron chi connectivity index (χ2n) is 6.87. The highest BCUT2D eigenvalue weighted by atomic mass is 35.5. The number of benzene rings is 2. The highest BCUT2D eigenvalue weighted by Crippen LogP contribution is 2.38. The minimum atomic E-state index is -3.73. The molecule has 9 heteroatoms. The summed E-state index contributed by atoms with van der Waals surface area (Å²) in [6.07, 6.45) is 0. The molecule has 0 unspecified atom stereocenters. The Bertz CT molecular complexity index is 1180. The first-order valence-electron chi connectivity index (χ1n) is 9.08. The Labute approximate surface area is 168 Å². The minimum absolute atomic E-state index is 0.233. The molecule has 0 amide bonds. The van der Waals surface area contributed by atoms with Crippen LogP contribution in [0.4, 0.5) is 11.8 Å². The van der Waals surface area contributed by atoms with Gasteiger partial charge in [-0.05, 0) is 29.8 Å². The number of aromatic nitrogens is 2. The molecular weight excluding hydrogens is 398 g/mol. The molecule has 2 aromatic carbocycles. The number of nitrogens with zero attached hydrogens (tertiary/aromatic N) is 4. The molecule has 1 aromatic heterocycles. The van der Waals surface area contributed by atoms with E-state index in [0.717, 1.165) is 37.3 Å². The van der Waals surface area contributed by atoms with Crippen molar-refractivity contribution >= 4 is 44.3 Å². The number of halogens is 1. The van der Waals surface area contributed by atoms with Gasteiger partial charge in [-0.3, -0.25) is 0 Å². The molecule has 1 saturated heterocycles. The summed E-state index contributed by atoms with van der Waals surface area (Å²) in [5, 5.41) is 4.42. The fraction of sp³-hybridized carbons (Fsp3) is 0.263. The van der Waals surface area contributed by atoms with E-state index in [1.807, 2.05) is 24.3 Å². The largest absolute Gasteiger partial charge is 0.338 e. The van der Waals surface area contributed by atoms with Gasteiger partial charge in [-0.1, -0.05) is 29.8 Å². The maximum atomic E-state index is 13.3. The average molecular weight is 416 g/mol. The third kappa shape index (κ3) is 2.80. The lowest BCUT2D eigenvalue weighted by molar-refractivity contribution is 0.580. The van der Waals surface area contributed by atoms with Gasteiger partial charge in [-0.25, -0.2) is 17.7 Å². The van der Waals surface area contributed by atoms with E-state index in [2.05, 4.69) is 15.2 Å². The van der Waals surface area contributed by atoms with Crippen LogP contribution in [0.25, 0.3) is 10.9 Å². The molecular formula is C19H18ClN5O2S. The lowest BCUT2D eigenvalue weighted by Gasteiger charge is -2.28. The van der Waals surface area contributed by atoms with Crippen molar-refractivity contribution in [1.82, 2.24) is 15.3 Å². The molecule has 0 spiro atoms. The summed E-state index contributed by atoms with van der Waals surface area (Å²) in [7, 11) is -3.73. The van der Waals surface area contributed by atoms with E-state index in [9.17, 15) is 8.42 Å². The molecule has 0 radical (unpaired) electrons. The van der Waals surface area contributed by atoms with Gasteiger partial charge < -0.3 is 10.2 Å². The summed E-state index contributed by atoms with van der Waals surface area (Å²) in [5.41, 5.74) is 1.45. The highest BCUT2D eigenvalue weighted by Gasteiger charge is 2.37. The van der Waals surface area contributed by atoms with E-state index in [-0.39, 0.29) is 11.4 Å². The van der Waals surface area contributed by atoms with Crippen LogP contribution < -0.4 is 14.5 Å². The SMILES string of the molecule is O=S1(=O)c2cc(Cl)ccc2CN1c1nc(N2CCNCC2)nc2ccccc12. The van der Waals surface area contributed by atoms with Gasteiger partial charge in [-0.15, -0.1) is 0 Å². The van der Waals surface area contributed by atoms with Crippen molar-refractivity contribution in [2.75, 3.05) is 35.4 Å². The topological polar surface area (TPSA) is 78.4 Å². The number of sulfonamides is 1. The smallest absolute Gasteiger partial charge is 0.266 e. The maximum absolute atomic E-state index is 13.3. The molecule has 0 saturated carbocycles. The van der Waals surface area contributed by atoms with E-state index < -0.39 is 10.0 Å². The van der Waals surface area contributed by atoms with E-state index in [1.54, 1.807) is 12.1 Å². The van der Waals surface area contributed by atoms with Crippen LogP contribution in [0.15, 0.2) is 47.4 Å². The van der Waals surface area contributed by atoms with Crippen LogP contribution in [0.1, 0.15) is 5.56 Å². The predicted octanol–water partition coefficient (Wildman–Crippen LogP) is 2.40. The molecule has 0 bridgehead atoms. The third-order valence-corrected chi connectivity index (χ3v) is 7.17. The van der Waals surface area contributed by atoms with Crippen molar-refractivity contribution in [2.24, 2.45) is 0 Å². The maximum Gasteiger partial charge on any atom is 0.266 e. The highest BCUT2D eigenvalue weighted by molar-refractivity contribution is 7.93. The Kier molecular flexibility index (Phi) is 4.15. The molecule has 7 nitrogen and oxygen atoms in total. The fourth-order valence-electron chi connectivity index (χ4n) is 3.69. The van der Waals surface area contributed by atoms with Gasteiger partial charge in [0, 0.05) is 36.6 Å². The minimum Gasteiger partial charge on any atom is -0.338 e. The molecule has 3 heterocycles. The third-order valence-electron chi connectivity index (χ3n) is 5.12. The molecule has 2 aliphatic heterocycles. The van der Waals surface area contributed by atoms with Crippen molar-refractivity contribution in [1.29, 1.82) is 0 Å². The lowest BCUT2D eigenvalue weighted by atomic mass is 10.2. The van der Waals surface area contributed by atoms with Crippen LogP contribution in [0.3, 0.4) is 0 Å². The molecule has 2 aliphatic rings. The van der Waals surface area contributed by atoms with Crippen molar-refractivity contribution in [3.8, 4) is 0 Å². The molecule has 1 fully saturated rings. The molecule has 0 aliphatic carbocycles. The van der Waals surface area contributed by atoms with Gasteiger partial charge in [0.15, 0.2) is 5.82 Å². The Balaban J connectivity index is 1.68. The van der Waals surface area contributed by atoms with Gasteiger partial charge >= 0.3 is 0 Å². The summed E-state index contributed by atoms with van der Waals surface area (Å²) in [6.45, 7) is 3.48. The van der Waals surface area contributed by atoms with E-state index >= 15 is 0 Å². The van der Waals surface area contributed by atoms with Crippen LogP contribution in [0.2, 0.25) is 5.02 Å². The summed E-state index contributed by atoms with van der Waals surface area (Å²) < 4.78 is 27.9. The van der Waals surface area contributed by atoms with Crippen LogP contribution in [-0.2, 0) is 16.6 Å². The van der Waals surface area contributed by atoms with Crippen molar-refractivity contribution in [3.63, 3.8) is 0 Å². The Morgan fingerprint density at radius 3 is 2.64 bits per heavy atom. The average Bonchev–Trinajstić information content (AvgIpc) is 2.98. The molecule has 0 atom stereocenters. The van der Waals surface area contributed by atoms with Crippen molar-refractivity contribution < 1.29 is 8.42 Å². The first-order valence-corrected chi connectivity index (χ1v) is 10.9. The standard InChI is InChI=1S/C19H18ClN5O2S/c20-14-6-5-13-12-25(28(26,27)17(13)11-14)18-15-3-1-2-4-16(15)22-19(23-18)24-9-7-21-8-10-24/h1-6,11,21H,7-10,12H2. The van der Waals surface area contributed by atoms with Crippen LogP contribution >= 0.6 is 11.6 Å². The summed E-state index contributed by atoms with van der Waals surface area (Å²) in [5.74, 6) is 0.964. The number of anilines is 2. The van der Waals surface area contributed by atoms with Crippen molar-refractivity contribution in [2.45, 2.75) is 11.4 Å². The zero-order chi connectivity index (χ0) is 19.3. The molecule has 28 heavy (non-hydrogen) atoms. The van der Waals surface area contributed by atoms with Crippen LogP contribution in [0.5, 0.6) is 0 Å². The predicted molar refractivity (Wildman–Crippen MR) is 109 cm³/mol. The fourth-order valence-corrected chi connectivity index (χ4v) is 5.58. The normalized spacial score (nSPS) is 18.5. The zero-order valence-electron chi connectivity index (χ0n) is 15.0. The van der Waals surface area contributed by atoms with E-state index in [4.69, 9.17) is 16.6 Å². The lowest BCUT2D eigenvalue weighted by Crippen LogP contribution is -2.44. The van der Waals surface area contributed by atoms with Gasteiger partial charge in [0.05, 0.1) is 17.0 Å². The summed E-state index contributed by atoms with van der Waals surface area (Å²) >= 11 is 6.05. The molecule has 144 valence electrons. The van der Waals surface area contributed by atoms with Gasteiger partial charge in [0.2, 0.25) is 5.95 Å². The van der Waals surface area contributed by atoms with E-state index in [1.165, 1.54) is 10.4 Å². The number of hydrogen-bond acceptors (Lipinski definition) is 6. The summed E-state index contributed by atoms with van der Waals surface area (Å²) in [4.78, 5) is 11.7. The van der Waals surface area contributed by atoms with Gasteiger partial charge in [0.25, 0.3) is 10.0 Å². The molecule has 1 N–H and O–H groups in total. The Morgan fingerprint density at radius 1 is 1.04 bits per heavy atom. The van der Waals surface area contributed by atoms with Crippen molar-refractivity contribution in [3.05, 3.63) is 53.1 Å². The Hall–Kier alpha value is -2.42. The number of nitrogens with one attached hydrogen (secondary N) is 1. The number of fused-ring (bicyclic) bond motifs is 2. The Morgan fingerprint density at radius 2 is 1.82 bits per heavy atom. The first-order chi connectivity index (χ1) is 13.5. The number of rotatable bonds is 2. The summed E-state index contributed by atoms with van der Waals surface area (Å²) in [6, 6.07) is 12.5. The zero-order valence-corrected chi connectivity index (χ0v) is 16.5. The second-order valence-corrected chi connectivity index (χ2v) is 9.13. The number of para-hydroxylation sites is 1. The van der Waals surface area contributed by atoms with Crippen LogP contribution in [0, 0.1) is 0 Å².